The molecule has 1 atom stereocenters. The van der Waals surface area contributed by atoms with E-state index in [0.717, 1.165) is 5.56 Å². The molecule has 0 amide bonds. The third-order valence-corrected chi connectivity index (χ3v) is 2.67. The summed E-state index contributed by atoms with van der Waals surface area (Å²) >= 11 is 0. The first kappa shape index (κ1) is 15.4. The average molecular weight is 270 g/mol. The Balaban J connectivity index is 2.32. The molecule has 0 bridgehead atoms. The number of nitrogens with two attached hydrogens (primary N) is 2. The lowest BCUT2D eigenvalue weighted by molar-refractivity contribution is 0.113. The second-order valence-electron chi connectivity index (χ2n) is 4.41. The van der Waals surface area contributed by atoms with Crippen LogP contribution in [0.1, 0.15) is 17.5 Å². The van der Waals surface area contributed by atoms with E-state index >= 15 is 0 Å². The molecule has 0 fully saturated rings. The summed E-state index contributed by atoms with van der Waals surface area (Å²) in [5.74, 6) is -0.302. The third-order valence-electron chi connectivity index (χ3n) is 2.67. The molecule has 106 valence electrons. The molecule has 0 radical (unpaired) electrons. The van der Waals surface area contributed by atoms with Gasteiger partial charge in [0.05, 0.1) is 0 Å². The summed E-state index contributed by atoms with van der Waals surface area (Å²) in [6, 6.07) is 6.89. The summed E-state index contributed by atoms with van der Waals surface area (Å²) in [6.45, 7) is 3.08. The number of aryl methyl sites for hydroxylation is 1. The van der Waals surface area contributed by atoms with E-state index in [0.29, 0.717) is 13.1 Å². The average Bonchev–Trinajstić information content (AvgIpc) is 2.34. The molecule has 0 spiro atoms. The molecule has 5 N–H and O–H groups in total. The first-order chi connectivity index (χ1) is 8.99. The summed E-state index contributed by atoms with van der Waals surface area (Å²) in [7, 11) is 0. The number of hydrogen-bond donors (Lipinski definition) is 3. The number of nitrogens with one attached hydrogen (secondary N) is 1. The second-order valence-corrected chi connectivity index (χ2v) is 4.41. The molecule has 1 aromatic carbocycles. The molecule has 0 aromatic heterocycles. The van der Waals surface area contributed by atoms with Crippen molar-refractivity contribution >= 4 is 5.96 Å². The van der Waals surface area contributed by atoms with Crippen LogP contribution in [0.25, 0.3) is 0 Å². The quantitative estimate of drug-likeness (QED) is 0.398. The monoisotopic (exact) mass is 270 g/mol. The van der Waals surface area contributed by atoms with Crippen LogP contribution in [0.15, 0.2) is 29.3 Å². The fourth-order valence-electron chi connectivity index (χ4n) is 1.63. The summed E-state index contributed by atoms with van der Waals surface area (Å²) in [4.78, 5) is 3.51. The Kier molecular flexibility index (Phi) is 6.21. The smallest absolute Gasteiger partial charge is 0.260 e. The maximum atomic E-state index is 12.6. The van der Waals surface area contributed by atoms with Crippen LogP contribution in [0.4, 0.5) is 8.78 Å². The fraction of sp³-hybridized carbons (Fsp3) is 0.462. The van der Waals surface area contributed by atoms with Crippen LogP contribution in [-0.2, 0) is 6.54 Å². The topological polar surface area (TPSA) is 76.4 Å². The molecule has 1 rings (SSSR count). The van der Waals surface area contributed by atoms with Crippen molar-refractivity contribution in [1.82, 2.24) is 5.32 Å². The van der Waals surface area contributed by atoms with Gasteiger partial charge < -0.3 is 16.8 Å². The summed E-state index contributed by atoms with van der Waals surface area (Å²) in [5.41, 5.74) is 12.5. The molecule has 6 heteroatoms. The molecule has 19 heavy (non-hydrogen) atoms. The van der Waals surface area contributed by atoms with Gasteiger partial charge >= 0.3 is 0 Å². The van der Waals surface area contributed by atoms with Crippen molar-refractivity contribution in [3.63, 3.8) is 0 Å². The van der Waals surface area contributed by atoms with Crippen molar-refractivity contribution in [2.24, 2.45) is 16.5 Å². The number of rotatable bonds is 7. The Hall–Kier alpha value is -1.69. The van der Waals surface area contributed by atoms with Gasteiger partial charge in [-0.2, -0.15) is 0 Å². The van der Waals surface area contributed by atoms with Gasteiger partial charge in [-0.1, -0.05) is 29.8 Å². The number of aliphatic imine (C=N–C) groups is 1. The second kappa shape index (κ2) is 7.68. The highest BCUT2D eigenvalue weighted by atomic mass is 19.3. The largest absolute Gasteiger partial charge is 0.370 e. The minimum atomic E-state index is -2.55. The minimum Gasteiger partial charge on any atom is -0.370 e. The molecule has 4 nitrogen and oxygen atoms in total. The van der Waals surface area contributed by atoms with Crippen molar-refractivity contribution in [3.8, 4) is 0 Å². The van der Waals surface area contributed by atoms with Crippen molar-refractivity contribution in [2.75, 3.05) is 6.54 Å². The predicted octanol–water partition coefficient (Wildman–Crippen LogP) is 1.38. The van der Waals surface area contributed by atoms with E-state index in [1.54, 1.807) is 0 Å². The van der Waals surface area contributed by atoms with Gasteiger partial charge in [-0.3, -0.25) is 0 Å². The maximum Gasteiger partial charge on any atom is 0.260 e. The van der Waals surface area contributed by atoms with Crippen molar-refractivity contribution in [1.29, 1.82) is 0 Å². The van der Waals surface area contributed by atoms with Crippen molar-refractivity contribution < 1.29 is 8.78 Å². The van der Waals surface area contributed by atoms with Gasteiger partial charge in [-0.25, -0.2) is 13.8 Å². The molecule has 0 heterocycles. The molecule has 1 unspecified atom stereocenters. The van der Waals surface area contributed by atoms with Gasteiger partial charge in [0.2, 0.25) is 0 Å². The molecule has 0 saturated carbocycles. The number of halogens is 2. The number of benzene rings is 1. The van der Waals surface area contributed by atoms with Crippen LogP contribution in [-0.4, -0.2) is 25.0 Å². The Bertz CT molecular complexity index is 400. The van der Waals surface area contributed by atoms with Crippen LogP contribution < -0.4 is 16.8 Å². The molecule has 0 aliphatic rings. The first-order valence-corrected chi connectivity index (χ1v) is 6.12. The Morgan fingerprint density at radius 2 is 1.89 bits per heavy atom. The van der Waals surface area contributed by atoms with E-state index < -0.39 is 12.5 Å². The molecule has 0 saturated heterocycles. The molecule has 0 aliphatic heterocycles. The Labute approximate surface area is 111 Å². The highest BCUT2D eigenvalue weighted by Gasteiger charge is 2.18. The standard InChI is InChI=1S/C13H20F2N4/c1-9-2-4-10(5-3-9)8-18-7-6-11(12(14)15)19-13(16)17/h2-5,11-12,18H,6-8H2,1H3,(H4,16,17,19). The van der Waals surface area contributed by atoms with E-state index in [1.165, 1.54) is 5.56 Å². The normalized spacial score (nSPS) is 12.4. The van der Waals surface area contributed by atoms with Crippen LogP contribution in [0.2, 0.25) is 0 Å². The Morgan fingerprint density at radius 3 is 2.42 bits per heavy atom. The lowest BCUT2D eigenvalue weighted by atomic mass is 10.1. The zero-order valence-corrected chi connectivity index (χ0v) is 10.9. The highest BCUT2D eigenvalue weighted by molar-refractivity contribution is 5.75. The van der Waals surface area contributed by atoms with E-state index in [9.17, 15) is 8.78 Å². The summed E-state index contributed by atoms with van der Waals surface area (Å²) < 4.78 is 25.2. The fourth-order valence-corrected chi connectivity index (χ4v) is 1.63. The van der Waals surface area contributed by atoms with E-state index in [1.807, 2.05) is 31.2 Å². The van der Waals surface area contributed by atoms with Gasteiger partial charge in [0.15, 0.2) is 5.96 Å². The van der Waals surface area contributed by atoms with E-state index in [-0.39, 0.29) is 12.4 Å². The number of guanidine groups is 1. The van der Waals surface area contributed by atoms with Gasteiger partial charge in [-0.15, -0.1) is 0 Å². The van der Waals surface area contributed by atoms with Gasteiger partial charge in [0.25, 0.3) is 6.43 Å². The predicted molar refractivity (Wildman–Crippen MR) is 73.1 cm³/mol. The lowest BCUT2D eigenvalue weighted by Crippen LogP contribution is -2.30. The van der Waals surface area contributed by atoms with Crippen LogP contribution in [0, 0.1) is 6.92 Å². The van der Waals surface area contributed by atoms with Gasteiger partial charge in [0, 0.05) is 6.54 Å². The number of nitrogens with zero attached hydrogens (tertiary/aromatic N) is 1. The number of alkyl halides is 2. The molecular weight excluding hydrogens is 250 g/mol. The zero-order valence-electron chi connectivity index (χ0n) is 10.9. The molecule has 0 aliphatic carbocycles. The van der Waals surface area contributed by atoms with Gasteiger partial charge in [-0.05, 0) is 25.5 Å². The first-order valence-electron chi connectivity index (χ1n) is 6.12. The number of hydrogen-bond acceptors (Lipinski definition) is 2. The van der Waals surface area contributed by atoms with Crippen LogP contribution in [0.3, 0.4) is 0 Å². The van der Waals surface area contributed by atoms with E-state index in [4.69, 9.17) is 11.5 Å². The minimum absolute atomic E-state index is 0.196. The molecule has 1 aromatic rings. The Morgan fingerprint density at radius 1 is 1.26 bits per heavy atom. The van der Waals surface area contributed by atoms with Gasteiger partial charge in [0.1, 0.15) is 6.04 Å². The summed E-state index contributed by atoms with van der Waals surface area (Å²) in [5, 5.41) is 3.10. The van der Waals surface area contributed by atoms with Crippen molar-refractivity contribution in [2.45, 2.75) is 32.4 Å². The highest BCUT2D eigenvalue weighted by Crippen LogP contribution is 2.09. The zero-order chi connectivity index (χ0) is 14.3. The van der Waals surface area contributed by atoms with E-state index in [2.05, 4.69) is 10.3 Å². The lowest BCUT2D eigenvalue weighted by Gasteiger charge is -2.12. The SMILES string of the molecule is Cc1ccc(CNCCC(N=C(N)N)C(F)F)cc1. The van der Waals surface area contributed by atoms with Crippen molar-refractivity contribution in [3.05, 3.63) is 35.4 Å². The molecular formula is C13H20F2N4. The van der Waals surface area contributed by atoms with Crippen LogP contribution in [0.5, 0.6) is 0 Å². The van der Waals surface area contributed by atoms with Crippen LogP contribution >= 0.6 is 0 Å². The summed E-state index contributed by atoms with van der Waals surface area (Å²) in [6.07, 6.45) is -2.36. The maximum absolute atomic E-state index is 12.6. The third kappa shape index (κ3) is 6.15.